The van der Waals surface area contributed by atoms with E-state index in [2.05, 4.69) is 37.9 Å². The third-order valence-electron chi connectivity index (χ3n) is 5.27. The van der Waals surface area contributed by atoms with E-state index in [-0.39, 0.29) is 5.97 Å². The lowest BCUT2D eigenvalue weighted by atomic mass is 9.75. The van der Waals surface area contributed by atoms with E-state index in [1.165, 1.54) is 20.0 Å². The fourth-order valence-corrected chi connectivity index (χ4v) is 3.44. The number of nitrogens with one attached hydrogen (secondary N) is 1. The van der Waals surface area contributed by atoms with E-state index in [9.17, 15) is 4.79 Å². The molecular weight excluding hydrogens is 264 g/mol. The Morgan fingerprint density at radius 1 is 1.29 bits per heavy atom. The van der Waals surface area contributed by atoms with Gasteiger partial charge >= 0.3 is 5.97 Å². The molecule has 0 spiro atoms. The van der Waals surface area contributed by atoms with Gasteiger partial charge in [-0.1, -0.05) is 20.8 Å². The van der Waals surface area contributed by atoms with Crippen molar-refractivity contribution < 1.29 is 9.53 Å². The van der Waals surface area contributed by atoms with Crippen LogP contribution in [0.5, 0.6) is 0 Å². The molecule has 1 heterocycles. The first kappa shape index (κ1) is 18.4. The number of piperidine rings is 1. The minimum absolute atomic E-state index is 0.179. The number of rotatable bonds is 5. The summed E-state index contributed by atoms with van der Waals surface area (Å²) in [5.41, 5.74) is -0.199. The quantitative estimate of drug-likeness (QED) is 0.792. The Morgan fingerprint density at radius 2 is 1.81 bits per heavy atom. The van der Waals surface area contributed by atoms with Crippen LogP contribution in [0.3, 0.4) is 0 Å². The molecule has 0 radical (unpaired) electrons. The predicted molar refractivity (Wildman–Crippen MR) is 87.3 cm³/mol. The van der Waals surface area contributed by atoms with E-state index in [1.807, 2.05) is 14.0 Å². The van der Waals surface area contributed by atoms with E-state index in [4.69, 9.17) is 4.74 Å². The Hall–Kier alpha value is -0.610. The average Bonchev–Trinajstić information content (AvgIpc) is 2.45. The molecule has 124 valence electrons. The van der Waals surface area contributed by atoms with Crippen LogP contribution in [0, 0.1) is 11.3 Å². The van der Waals surface area contributed by atoms with Crippen molar-refractivity contribution in [2.24, 2.45) is 11.3 Å². The number of likely N-dealkylation sites (tertiary alicyclic amines) is 1. The van der Waals surface area contributed by atoms with Gasteiger partial charge in [0, 0.05) is 6.04 Å². The maximum Gasteiger partial charge on any atom is 0.325 e. The van der Waals surface area contributed by atoms with Crippen LogP contribution in [0.1, 0.15) is 53.9 Å². The monoisotopic (exact) mass is 298 g/mol. The molecule has 1 fully saturated rings. The number of methoxy groups -OCH3 is 1. The number of nitrogens with zero attached hydrogens (tertiary/aromatic N) is 1. The molecule has 21 heavy (non-hydrogen) atoms. The Balaban J connectivity index is 2.58. The van der Waals surface area contributed by atoms with Crippen LogP contribution in [-0.4, -0.2) is 49.7 Å². The fourth-order valence-electron chi connectivity index (χ4n) is 3.44. The van der Waals surface area contributed by atoms with Crippen LogP contribution >= 0.6 is 0 Å². The Morgan fingerprint density at radius 3 is 2.19 bits per heavy atom. The standard InChI is InChI=1S/C17H34N2O2/c1-13(12-17(5,18-6)15(20)21-7)19-10-8-14(9-11-19)16(2,3)4/h13-14,18H,8-12H2,1-7H3. The lowest BCUT2D eigenvalue weighted by Crippen LogP contribution is -2.53. The summed E-state index contributed by atoms with van der Waals surface area (Å²) in [5, 5.41) is 3.13. The van der Waals surface area contributed by atoms with Crippen LogP contribution in [-0.2, 0) is 9.53 Å². The lowest BCUT2D eigenvalue weighted by Gasteiger charge is -2.42. The lowest BCUT2D eigenvalue weighted by molar-refractivity contribution is -0.148. The van der Waals surface area contributed by atoms with Gasteiger partial charge in [0.15, 0.2) is 0 Å². The normalized spacial score (nSPS) is 22.6. The Bertz CT molecular complexity index is 343. The molecule has 0 aromatic carbocycles. The molecule has 1 saturated heterocycles. The van der Waals surface area contributed by atoms with Crippen molar-refractivity contribution in [3.8, 4) is 0 Å². The SMILES string of the molecule is CNC(C)(CC(C)N1CCC(C(C)(C)C)CC1)C(=O)OC. The van der Waals surface area contributed by atoms with Gasteiger partial charge < -0.3 is 15.0 Å². The first-order valence-corrected chi connectivity index (χ1v) is 8.15. The maximum absolute atomic E-state index is 12.0. The van der Waals surface area contributed by atoms with Crippen molar-refractivity contribution in [2.75, 3.05) is 27.2 Å². The minimum Gasteiger partial charge on any atom is -0.468 e. The highest BCUT2D eigenvalue weighted by Gasteiger charge is 2.37. The zero-order valence-corrected chi connectivity index (χ0v) is 15.0. The molecule has 0 aromatic rings. The van der Waals surface area contributed by atoms with Gasteiger partial charge in [-0.05, 0) is 64.6 Å². The zero-order chi connectivity index (χ0) is 16.3. The second kappa shape index (κ2) is 7.10. The summed E-state index contributed by atoms with van der Waals surface area (Å²) in [5.74, 6) is 0.624. The van der Waals surface area contributed by atoms with Crippen LogP contribution < -0.4 is 5.32 Å². The summed E-state index contributed by atoms with van der Waals surface area (Å²) >= 11 is 0. The van der Waals surface area contributed by atoms with Crippen LogP contribution in [0.25, 0.3) is 0 Å². The zero-order valence-electron chi connectivity index (χ0n) is 15.0. The third-order valence-corrected chi connectivity index (χ3v) is 5.27. The van der Waals surface area contributed by atoms with Crippen molar-refractivity contribution in [1.29, 1.82) is 0 Å². The summed E-state index contributed by atoms with van der Waals surface area (Å²) in [6.07, 6.45) is 3.28. The fraction of sp³-hybridized carbons (Fsp3) is 0.941. The topological polar surface area (TPSA) is 41.6 Å². The molecule has 0 amide bonds. The molecule has 1 aliphatic heterocycles. The molecule has 1 N–H and O–H groups in total. The summed E-state index contributed by atoms with van der Waals surface area (Å²) in [6, 6.07) is 0.377. The number of carbonyl (C=O) groups is 1. The number of ether oxygens (including phenoxy) is 1. The molecular formula is C17H34N2O2. The number of hydrogen-bond acceptors (Lipinski definition) is 4. The first-order chi connectivity index (χ1) is 9.64. The molecule has 0 aliphatic carbocycles. The second-order valence-corrected chi connectivity index (χ2v) is 7.80. The van der Waals surface area contributed by atoms with E-state index >= 15 is 0 Å². The summed E-state index contributed by atoms with van der Waals surface area (Å²) in [6.45, 7) is 13.4. The van der Waals surface area contributed by atoms with Crippen LogP contribution in [0.15, 0.2) is 0 Å². The van der Waals surface area contributed by atoms with Gasteiger partial charge in [0.2, 0.25) is 0 Å². The van der Waals surface area contributed by atoms with Gasteiger partial charge in [0.1, 0.15) is 5.54 Å². The molecule has 4 heteroatoms. The third kappa shape index (κ3) is 4.68. The van der Waals surface area contributed by atoms with Crippen molar-refractivity contribution in [1.82, 2.24) is 10.2 Å². The highest BCUT2D eigenvalue weighted by Crippen LogP contribution is 2.35. The van der Waals surface area contributed by atoms with Crippen molar-refractivity contribution >= 4 is 5.97 Å². The molecule has 0 aromatic heterocycles. The molecule has 2 atom stereocenters. The Labute approximate surface area is 130 Å². The molecule has 0 saturated carbocycles. The maximum atomic E-state index is 12.0. The number of esters is 1. The van der Waals surface area contributed by atoms with E-state index in [1.54, 1.807) is 0 Å². The van der Waals surface area contributed by atoms with E-state index in [0.717, 1.165) is 25.4 Å². The molecule has 1 rings (SSSR count). The van der Waals surface area contributed by atoms with E-state index < -0.39 is 5.54 Å². The van der Waals surface area contributed by atoms with E-state index in [0.29, 0.717) is 11.5 Å². The molecule has 1 aliphatic rings. The van der Waals surface area contributed by atoms with Gasteiger partial charge in [0.05, 0.1) is 7.11 Å². The number of likely N-dealkylation sites (N-methyl/N-ethyl adjacent to an activating group) is 1. The van der Waals surface area contributed by atoms with Crippen LogP contribution in [0.2, 0.25) is 0 Å². The summed E-state index contributed by atoms with van der Waals surface area (Å²) in [4.78, 5) is 14.5. The second-order valence-electron chi connectivity index (χ2n) is 7.80. The average molecular weight is 298 g/mol. The largest absolute Gasteiger partial charge is 0.468 e. The number of carbonyl (C=O) groups excluding carboxylic acids is 1. The van der Waals surface area contributed by atoms with Gasteiger partial charge in [-0.15, -0.1) is 0 Å². The van der Waals surface area contributed by atoms with Crippen LogP contribution in [0.4, 0.5) is 0 Å². The summed E-state index contributed by atoms with van der Waals surface area (Å²) in [7, 11) is 3.28. The van der Waals surface area contributed by atoms with Crippen molar-refractivity contribution in [2.45, 2.75) is 65.5 Å². The predicted octanol–water partition coefficient (Wildman–Crippen LogP) is 2.67. The van der Waals surface area contributed by atoms with Gasteiger partial charge in [-0.25, -0.2) is 0 Å². The van der Waals surface area contributed by atoms with Gasteiger partial charge in [-0.2, -0.15) is 0 Å². The van der Waals surface area contributed by atoms with Gasteiger partial charge in [0.25, 0.3) is 0 Å². The van der Waals surface area contributed by atoms with Gasteiger partial charge in [-0.3, -0.25) is 4.79 Å². The molecule has 2 unspecified atom stereocenters. The number of hydrogen-bond donors (Lipinski definition) is 1. The van der Waals surface area contributed by atoms with Crippen molar-refractivity contribution in [3.63, 3.8) is 0 Å². The minimum atomic E-state index is -0.602. The molecule has 4 nitrogen and oxygen atoms in total. The smallest absolute Gasteiger partial charge is 0.325 e. The highest BCUT2D eigenvalue weighted by atomic mass is 16.5. The Kier molecular flexibility index (Phi) is 6.23. The summed E-state index contributed by atoms with van der Waals surface area (Å²) < 4.78 is 4.94. The van der Waals surface area contributed by atoms with Crippen molar-refractivity contribution in [3.05, 3.63) is 0 Å². The molecule has 0 bridgehead atoms. The highest BCUT2D eigenvalue weighted by molar-refractivity contribution is 5.80. The first-order valence-electron chi connectivity index (χ1n) is 8.15.